The third-order valence-electron chi connectivity index (χ3n) is 5.16. The number of carbonyl (C=O) groups excluding carboxylic acids is 1. The molecule has 0 aliphatic carbocycles. The standard InChI is InChI=1S/C22H22FN7O2S/c1-15-20(21(32)30(28(15)2)18-6-4-3-5-7-18)29-22(25-26-27-29)33-14-19(31)24-13-12-16-8-10-17(23)11-9-16/h3-11H,12-14H2,1-2H3,(H,24,31). The average molecular weight is 468 g/mol. The molecule has 1 N–H and O–H groups in total. The molecule has 170 valence electrons. The van der Waals surface area contributed by atoms with Crippen LogP contribution in [-0.2, 0) is 18.3 Å². The topological polar surface area (TPSA) is 99.6 Å². The molecule has 33 heavy (non-hydrogen) atoms. The van der Waals surface area contributed by atoms with Gasteiger partial charge in [0.05, 0.1) is 17.1 Å². The average Bonchev–Trinajstić information content (AvgIpc) is 3.36. The first-order valence-corrected chi connectivity index (χ1v) is 11.2. The van der Waals surface area contributed by atoms with E-state index in [9.17, 15) is 14.0 Å². The van der Waals surface area contributed by atoms with Crippen molar-refractivity contribution in [2.45, 2.75) is 18.5 Å². The van der Waals surface area contributed by atoms with E-state index in [4.69, 9.17) is 0 Å². The van der Waals surface area contributed by atoms with Crippen LogP contribution >= 0.6 is 11.8 Å². The van der Waals surface area contributed by atoms with Crippen LogP contribution in [0.2, 0.25) is 0 Å². The molecule has 0 saturated carbocycles. The Morgan fingerprint density at radius 2 is 1.85 bits per heavy atom. The molecule has 0 aliphatic heterocycles. The van der Waals surface area contributed by atoms with E-state index in [0.29, 0.717) is 29.5 Å². The minimum absolute atomic E-state index is 0.0859. The number of nitrogens with zero attached hydrogens (tertiary/aromatic N) is 6. The van der Waals surface area contributed by atoms with Gasteiger partial charge in [0.1, 0.15) is 5.82 Å². The molecule has 1 amide bonds. The number of aromatic nitrogens is 6. The smallest absolute Gasteiger partial charge is 0.297 e. The fourth-order valence-corrected chi connectivity index (χ4v) is 4.09. The Bertz CT molecular complexity index is 1310. The molecule has 0 spiro atoms. The zero-order valence-electron chi connectivity index (χ0n) is 18.1. The van der Waals surface area contributed by atoms with Gasteiger partial charge in [-0.2, -0.15) is 4.68 Å². The van der Waals surface area contributed by atoms with Crippen LogP contribution in [0, 0.1) is 12.7 Å². The number of nitrogens with one attached hydrogen (secondary N) is 1. The van der Waals surface area contributed by atoms with E-state index in [2.05, 4.69) is 20.8 Å². The summed E-state index contributed by atoms with van der Waals surface area (Å²) in [6.07, 6.45) is 0.594. The second-order valence-electron chi connectivity index (χ2n) is 7.30. The first kappa shape index (κ1) is 22.5. The van der Waals surface area contributed by atoms with E-state index >= 15 is 0 Å². The number of tetrazole rings is 1. The van der Waals surface area contributed by atoms with E-state index < -0.39 is 0 Å². The number of amides is 1. The highest BCUT2D eigenvalue weighted by Crippen LogP contribution is 2.19. The normalized spacial score (nSPS) is 11.0. The summed E-state index contributed by atoms with van der Waals surface area (Å²) in [5, 5.41) is 14.8. The number of hydrogen-bond acceptors (Lipinski definition) is 6. The predicted molar refractivity (Wildman–Crippen MR) is 122 cm³/mol. The van der Waals surface area contributed by atoms with Gasteiger partial charge in [-0.1, -0.05) is 42.1 Å². The highest BCUT2D eigenvalue weighted by Gasteiger charge is 2.22. The summed E-state index contributed by atoms with van der Waals surface area (Å²) in [6.45, 7) is 2.24. The van der Waals surface area contributed by atoms with Crippen molar-refractivity contribution in [2.24, 2.45) is 7.05 Å². The molecule has 9 nitrogen and oxygen atoms in total. The monoisotopic (exact) mass is 467 g/mol. The van der Waals surface area contributed by atoms with E-state index in [0.717, 1.165) is 23.0 Å². The van der Waals surface area contributed by atoms with Gasteiger partial charge in [-0.25, -0.2) is 9.07 Å². The van der Waals surface area contributed by atoms with Crippen molar-refractivity contribution in [2.75, 3.05) is 12.3 Å². The van der Waals surface area contributed by atoms with Gasteiger partial charge in [-0.15, -0.1) is 5.10 Å². The lowest BCUT2D eigenvalue weighted by Gasteiger charge is -2.07. The molecule has 4 rings (SSSR count). The number of halogens is 1. The second kappa shape index (κ2) is 9.82. The van der Waals surface area contributed by atoms with Crippen LogP contribution in [0.15, 0.2) is 64.5 Å². The molecule has 2 aromatic heterocycles. The summed E-state index contributed by atoms with van der Waals surface area (Å²) in [5.74, 6) is -0.396. The molecule has 11 heteroatoms. The molecule has 0 aliphatic rings. The number of thioether (sulfide) groups is 1. The number of carbonyl (C=O) groups is 1. The van der Waals surface area contributed by atoms with Crippen LogP contribution in [-0.4, -0.2) is 47.8 Å². The van der Waals surface area contributed by atoms with Crippen molar-refractivity contribution in [3.05, 3.63) is 82.0 Å². The van der Waals surface area contributed by atoms with Crippen LogP contribution in [0.4, 0.5) is 4.39 Å². The Hall–Kier alpha value is -3.73. The van der Waals surface area contributed by atoms with Crippen molar-refractivity contribution in [3.8, 4) is 11.4 Å². The zero-order chi connectivity index (χ0) is 23.4. The first-order valence-electron chi connectivity index (χ1n) is 10.2. The molecule has 0 unspecified atom stereocenters. The number of hydrogen-bond donors (Lipinski definition) is 1. The van der Waals surface area contributed by atoms with E-state index in [1.54, 1.807) is 28.5 Å². The summed E-state index contributed by atoms with van der Waals surface area (Å²) in [4.78, 5) is 25.5. The second-order valence-corrected chi connectivity index (χ2v) is 8.24. The first-order chi connectivity index (χ1) is 16.0. The molecule has 0 saturated heterocycles. The summed E-state index contributed by atoms with van der Waals surface area (Å²) in [6, 6.07) is 15.4. The molecule has 0 bridgehead atoms. The maximum Gasteiger partial charge on any atom is 0.297 e. The third kappa shape index (κ3) is 4.87. The Morgan fingerprint density at radius 1 is 1.12 bits per heavy atom. The Balaban J connectivity index is 1.44. The van der Waals surface area contributed by atoms with Crippen molar-refractivity contribution >= 4 is 17.7 Å². The van der Waals surface area contributed by atoms with Gasteiger partial charge in [0.2, 0.25) is 11.1 Å². The highest BCUT2D eigenvalue weighted by molar-refractivity contribution is 7.99. The Morgan fingerprint density at radius 3 is 2.58 bits per heavy atom. The summed E-state index contributed by atoms with van der Waals surface area (Å²) in [7, 11) is 1.79. The minimum atomic E-state index is -0.291. The van der Waals surface area contributed by atoms with E-state index in [1.165, 1.54) is 16.8 Å². The van der Waals surface area contributed by atoms with E-state index in [-0.39, 0.29) is 23.0 Å². The predicted octanol–water partition coefficient (Wildman–Crippen LogP) is 2.05. The Labute approximate surface area is 193 Å². The van der Waals surface area contributed by atoms with Crippen LogP contribution in [0.5, 0.6) is 0 Å². The van der Waals surface area contributed by atoms with Crippen LogP contribution in [0.1, 0.15) is 11.3 Å². The third-order valence-corrected chi connectivity index (χ3v) is 6.08. The number of para-hydroxylation sites is 1. The maximum atomic E-state index is 13.2. The Kier molecular flexibility index (Phi) is 6.68. The van der Waals surface area contributed by atoms with Crippen LogP contribution in [0.25, 0.3) is 11.4 Å². The minimum Gasteiger partial charge on any atom is -0.355 e. The van der Waals surface area contributed by atoms with Gasteiger partial charge in [-0.05, 0) is 53.6 Å². The molecule has 4 aromatic rings. The molecule has 0 fully saturated rings. The maximum absolute atomic E-state index is 13.2. The van der Waals surface area contributed by atoms with Crippen molar-refractivity contribution < 1.29 is 9.18 Å². The van der Waals surface area contributed by atoms with Gasteiger partial charge in [0.25, 0.3) is 5.56 Å². The molecular weight excluding hydrogens is 445 g/mol. The lowest BCUT2D eigenvalue weighted by Crippen LogP contribution is -2.27. The zero-order valence-corrected chi connectivity index (χ0v) is 18.9. The van der Waals surface area contributed by atoms with Crippen LogP contribution < -0.4 is 10.9 Å². The largest absolute Gasteiger partial charge is 0.355 e. The molecule has 2 heterocycles. The molecule has 0 atom stereocenters. The lowest BCUT2D eigenvalue weighted by atomic mass is 10.1. The lowest BCUT2D eigenvalue weighted by molar-refractivity contribution is -0.118. The number of rotatable bonds is 8. The van der Waals surface area contributed by atoms with Crippen LogP contribution in [0.3, 0.4) is 0 Å². The van der Waals surface area contributed by atoms with E-state index in [1.807, 2.05) is 37.3 Å². The molecule has 0 radical (unpaired) electrons. The summed E-state index contributed by atoms with van der Waals surface area (Å²) >= 11 is 1.14. The van der Waals surface area contributed by atoms with Crippen molar-refractivity contribution in [1.29, 1.82) is 0 Å². The quantitative estimate of drug-likeness (QED) is 0.398. The summed E-state index contributed by atoms with van der Waals surface area (Å²) < 4.78 is 17.6. The molecule has 2 aromatic carbocycles. The molecular formula is C22H22FN7O2S. The number of benzene rings is 2. The van der Waals surface area contributed by atoms with Gasteiger partial charge < -0.3 is 5.32 Å². The fraction of sp³-hybridized carbons (Fsp3) is 0.227. The van der Waals surface area contributed by atoms with Gasteiger partial charge in [0.15, 0.2) is 5.69 Å². The van der Waals surface area contributed by atoms with Gasteiger partial charge in [0, 0.05) is 13.6 Å². The highest BCUT2D eigenvalue weighted by atomic mass is 32.2. The fourth-order valence-electron chi connectivity index (χ4n) is 3.39. The van der Waals surface area contributed by atoms with Crippen molar-refractivity contribution in [3.63, 3.8) is 0 Å². The SMILES string of the molecule is Cc1c(-n2nnnc2SCC(=O)NCCc2ccc(F)cc2)c(=O)n(-c2ccccc2)n1C. The summed E-state index contributed by atoms with van der Waals surface area (Å²) in [5.41, 5.74) is 2.40. The van der Waals surface area contributed by atoms with Crippen molar-refractivity contribution in [1.82, 2.24) is 34.9 Å². The van der Waals surface area contributed by atoms with Gasteiger partial charge >= 0.3 is 0 Å². The van der Waals surface area contributed by atoms with Gasteiger partial charge in [-0.3, -0.25) is 14.3 Å².